The maximum Gasteiger partial charge on any atom is 0.309 e. The Hall–Kier alpha value is -2.21. The summed E-state index contributed by atoms with van der Waals surface area (Å²) in [6, 6.07) is 4.35. The van der Waals surface area contributed by atoms with Gasteiger partial charge in [0, 0.05) is 17.1 Å². The van der Waals surface area contributed by atoms with E-state index in [-0.39, 0.29) is 16.0 Å². The molecule has 0 radical (unpaired) electrons. The Bertz CT molecular complexity index is 863. The van der Waals surface area contributed by atoms with Gasteiger partial charge in [0.1, 0.15) is 5.82 Å². The number of pyridine rings is 1. The van der Waals surface area contributed by atoms with E-state index in [1.165, 1.54) is 18.3 Å². The van der Waals surface area contributed by atoms with Crippen LogP contribution in [0.25, 0.3) is 10.9 Å². The van der Waals surface area contributed by atoms with E-state index in [1.807, 2.05) is 0 Å². The zero-order chi connectivity index (χ0) is 16.4. The SMILES string of the molecule is O=C(NC12CC(C(=O)O)(C1)C2)c1cc(Cl)c2ncccc2c1F. The van der Waals surface area contributed by atoms with Crippen molar-refractivity contribution in [3.8, 4) is 0 Å². The second-order valence-corrected chi connectivity index (χ2v) is 6.88. The van der Waals surface area contributed by atoms with Gasteiger partial charge in [0.05, 0.1) is 21.5 Å². The summed E-state index contributed by atoms with van der Waals surface area (Å²) >= 11 is 6.08. The van der Waals surface area contributed by atoms with Crippen molar-refractivity contribution >= 4 is 34.4 Å². The summed E-state index contributed by atoms with van der Waals surface area (Å²) in [6.07, 6.45) is 2.68. The minimum atomic E-state index is -0.834. The first kappa shape index (κ1) is 14.4. The number of benzene rings is 1. The normalized spacial score (nSPS) is 27.9. The molecule has 3 fully saturated rings. The lowest BCUT2D eigenvalue weighted by Crippen LogP contribution is -2.77. The van der Waals surface area contributed by atoms with Gasteiger partial charge < -0.3 is 10.4 Å². The summed E-state index contributed by atoms with van der Waals surface area (Å²) in [6.45, 7) is 0. The number of carboxylic acid groups (broad SMARTS) is 1. The molecule has 23 heavy (non-hydrogen) atoms. The monoisotopic (exact) mass is 334 g/mol. The smallest absolute Gasteiger partial charge is 0.309 e. The number of hydrogen-bond acceptors (Lipinski definition) is 3. The Labute approximate surface area is 135 Å². The van der Waals surface area contributed by atoms with Crippen LogP contribution in [0, 0.1) is 11.2 Å². The van der Waals surface area contributed by atoms with E-state index in [2.05, 4.69) is 10.3 Å². The van der Waals surface area contributed by atoms with Gasteiger partial charge >= 0.3 is 5.97 Å². The van der Waals surface area contributed by atoms with E-state index in [0.29, 0.717) is 24.8 Å². The van der Waals surface area contributed by atoms with Crippen molar-refractivity contribution in [2.45, 2.75) is 24.8 Å². The highest BCUT2D eigenvalue weighted by atomic mass is 35.5. The third kappa shape index (κ3) is 1.88. The highest BCUT2D eigenvalue weighted by Gasteiger charge is 2.72. The summed E-state index contributed by atoms with van der Waals surface area (Å²) in [5.41, 5.74) is -1.06. The molecule has 0 atom stereocenters. The topological polar surface area (TPSA) is 79.3 Å². The van der Waals surface area contributed by atoms with E-state index < -0.39 is 28.6 Å². The number of carbonyl (C=O) groups is 2. The number of nitrogens with zero attached hydrogens (tertiary/aromatic N) is 1. The first-order chi connectivity index (χ1) is 10.9. The van der Waals surface area contributed by atoms with Crippen molar-refractivity contribution in [1.82, 2.24) is 10.3 Å². The molecule has 2 N–H and O–H groups in total. The van der Waals surface area contributed by atoms with Crippen LogP contribution in [0.3, 0.4) is 0 Å². The second kappa shape index (κ2) is 4.41. The molecule has 5 nitrogen and oxygen atoms in total. The number of aromatic nitrogens is 1. The number of carbonyl (C=O) groups excluding carboxylic acids is 1. The molecule has 0 spiro atoms. The molecule has 5 rings (SSSR count). The molecule has 3 saturated carbocycles. The van der Waals surface area contributed by atoms with Crippen molar-refractivity contribution < 1.29 is 19.1 Å². The number of aliphatic carboxylic acids is 1. The maximum atomic E-state index is 14.6. The molecule has 1 heterocycles. The number of carboxylic acids is 1. The molecular formula is C16H12ClFN2O3. The summed E-state index contributed by atoms with van der Waals surface area (Å²) in [5.74, 6) is -2.08. The Morgan fingerprint density at radius 3 is 2.70 bits per heavy atom. The molecule has 0 aliphatic heterocycles. The van der Waals surface area contributed by atoms with Crippen LogP contribution in [0.4, 0.5) is 4.39 Å². The second-order valence-electron chi connectivity index (χ2n) is 6.47. The number of halogens is 2. The first-order valence-electron chi connectivity index (χ1n) is 7.15. The fraction of sp³-hybridized carbons (Fsp3) is 0.312. The Morgan fingerprint density at radius 2 is 2.04 bits per heavy atom. The molecule has 2 aromatic rings. The van der Waals surface area contributed by atoms with Crippen LogP contribution in [0.2, 0.25) is 5.02 Å². The Morgan fingerprint density at radius 1 is 1.35 bits per heavy atom. The zero-order valence-electron chi connectivity index (χ0n) is 11.9. The van der Waals surface area contributed by atoms with Gasteiger partial charge in [-0.15, -0.1) is 0 Å². The van der Waals surface area contributed by atoms with Gasteiger partial charge in [-0.3, -0.25) is 14.6 Å². The molecule has 0 saturated heterocycles. The molecule has 1 amide bonds. The fourth-order valence-electron chi connectivity index (χ4n) is 3.80. The standard InChI is InChI=1S/C16H12ClFN2O3/c17-10-4-9(11(18)8-2-1-3-19-12(8)10)13(21)20-16-5-15(6-16,7-16)14(22)23/h1-4H,5-7H2,(H,20,21)(H,22,23). The van der Waals surface area contributed by atoms with Gasteiger partial charge in [0.2, 0.25) is 0 Å². The Kier molecular flexibility index (Phi) is 2.76. The van der Waals surface area contributed by atoms with Crippen LogP contribution in [0.15, 0.2) is 24.4 Å². The van der Waals surface area contributed by atoms with Crippen LogP contribution < -0.4 is 5.32 Å². The molecule has 1 aromatic carbocycles. The number of rotatable bonds is 3. The van der Waals surface area contributed by atoms with E-state index in [0.717, 1.165) is 0 Å². The van der Waals surface area contributed by atoms with Gasteiger partial charge in [-0.2, -0.15) is 0 Å². The predicted molar refractivity (Wildman–Crippen MR) is 80.8 cm³/mol. The highest BCUT2D eigenvalue weighted by molar-refractivity contribution is 6.35. The van der Waals surface area contributed by atoms with Crippen LogP contribution in [0.5, 0.6) is 0 Å². The summed E-state index contributed by atoms with van der Waals surface area (Å²) in [5, 5.41) is 12.2. The van der Waals surface area contributed by atoms with Crippen LogP contribution >= 0.6 is 11.6 Å². The van der Waals surface area contributed by atoms with Gasteiger partial charge in [0.15, 0.2) is 0 Å². The summed E-state index contributed by atoms with van der Waals surface area (Å²) in [7, 11) is 0. The lowest BCUT2D eigenvalue weighted by Gasteiger charge is -2.67. The minimum absolute atomic E-state index is 0.149. The minimum Gasteiger partial charge on any atom is -0.481 e. The van der Waals surface area contributed by atoms with Crippen molar-refractivity contribution in [3.63, 3.8) is 0 Å². The van der Waals surface area contributed by atoms with E-state index >= 15 is 0 Å². The Balaban J connectivity index is 1.62. The molecule has 3 aliphatic rings. The lowest BCUT2D eigenvalue weighted by atomic mass is 9.39. The fourth-order valence-corrected chi connectivity index (χ4v) is 4.06. The van der Waals surface area contributed by atoms with Crippen molar-refractivity contribution in [1.29, 1.82) is 0 Å². The molecule has 118 valence electrons. The van der Waals surface area contributed by atoms with Gasteiger partial charge in [-0.1, -0.05) is 11.6 Å². The molecule has 1 aromatic heterocycles. The number of hydrogen-bond donors (Lipinski definition) is 2. The third-order valence-corrected chi connectivity index (χ3v) is 5.17. The third-order valence-electron chi connectivity index (χ3n) is 4.89. The van der Waals surface area contributed by atoms with Gasteiger partial charge in [-0.25, -0.2) is 4.39 Å². The highest BCUT2D eigenvalue weighted by Crippen LogP contribution is 2.67. The van der Waals surface area contributed by atoms with Gasteiger partial charge in [-0.05, 0) is 37.5 Å². The van der Waals surface area contributed by atoms with Crippen LogP contribution in [-0.2, 0) is 4.79 Å². The summed E-state index contributed by atoms with van der Waals surface area (Å²) < 4.78 is 14.6. The van der Waals surface area contributed by atoms with Crippen LogP contribution in [0.1, 0.15) is 29.6 Å². The van der Waals surface area contributed by atoms with E-state index in [9.17, 15) is 14.0 Å². The largest absolute Gasteiger partial charge is 0.481 e. The van der Waals surface area contributed by atoms with Crippen molar-refractivity contribution in [3.05, 3.63) is 40.8 Å². The predicted octanol–water partition coefficient (Wildman–Crippen LogP) is 2.76. The average molecular weight is 335 g/mol. The average Bonchev–Trinajstić information content (AvgIpc) is 2.44. The molecule has 2 bridgehead atoms. The van der Waals surface area contributed by atoms with E-state index in [4.69, 9.17) is 16.7 Å². The molecule has 3 aliphatic carbocycles. The summed E-state index contributed by atoms with van der Waals surface area (Å²) in [4.78, 5) is 27.5. The van der Waals surface area contributed by atoms with Crippen LogP contribution in [-0.4, -0.2) is 27.5 Å². The van der Waals surface area contributed by atoms with Crippen molar-refractivity contribution in [2.24, 2.45) is 5.41 Å². The quantitative estimate of drug-likeness (QED) is 0.904. The number of fused-ring (bicyclic) bond motifs is 1. The number of amides is 1. The van der Waals surface area contributed by atoms with Crippen molar-refractivity contribution in [2.75, 3.05) is 0 Å². The molecule has 7 heteroatoms. The lowest BCUT2D eigenvalue weighted by molar-refractivity contribution is -0.196. The molecule has 0 unspecified atom stereocenters. The number of nitrogens with one attached hydrogen (secondary N) is 1. The van der Waals surface area contributed by atoms with E-state index in [1.54, 1.807) is 6.07 Å². The maximum absolute atomic E-state index is 14.6. The molecular weight excluding hydrogens is 323 g/mol. The van der Waals surface area contributed by atoms with Gasteiger partial charge in [0.25, 0.3) is 5.91 Å². The first-order valence-corrected chi connectivity index (χ1v) is 7.52. The zero-order valence-corrected chi connectivity index (χ0v) is 12.7.